The molecule has 1 saturated heterocycles. The number of rotatable bonds is 5. The molecule has 2 aliphatic rings. The van der Waals surface area contributed by atoms with Crippen LogP contribution < -0.4 is 10.1 Å². The summed E-state index contributed by atoms with van der Waals surface area (Å²) < 4.78 is 7.12. The molecule has 1 aromatic carbocycles. The fourth-order valence-electron chi connectivity index (χ4n) is 4.02. The molecule has 0 radical (unpaired) electrons. The molecule has 0 bridgehead atoms. The van der Waals surface area contributed by atoms with Crippen molar-refractivity contribution in [3.05, 3.63) is 28.2 Å². The second-order valence-electron chi connectivity index (χ2n) is 6.39. The van der Waals surface area contributed by atoms with E-state index in [4.69, 9.17) is 4.74 Å². The van der Waals surface area contributed by atoms with E-state index in [1.165, 1.54) is 31.2 Å². The van der Waals surface area contributed by atoms with Gasteiger partial charge in [0, 0.05) is 42.3 Å². The maximum Gasteiger partial charge on any atom is 0.124 e. The van der Waals surface area contributed by atoms with Crippen LogP contribution in [0.5, 0.6) is 5.75 Å². The maximum absolute atomic E-state index is 5.96. The first-order chi connectivity index (χ1) is 10.8. The smallest absolute Gasteiger partial charge is 0.124 e. The highest BCUT2D eigenvalue weighted by Gasteiger charge is 2.33. The van der Waals surface area contributed by atoms with Gasteiger partial charge in [0.2, 0.25) is 0 Å². The third-order valence-electron chi connectivity index (χ3n) is 4.98. The Hall–Kier alpha value is -0.580. The van der Waals surface area contributed by atoms with Gasteiger partial charge in [0.1, 0.15) is 5.75 Å². The van der Waals surface area contributed by atoms with Gasteiger partial charge in [-0.05, 0) is 43.9 Å². The van der Waals surface area contributed by atoms with Crippen LogP contribution in [0.25, 0.3) is 0 Å². The van der Waals surface area contributed by atoms with E-state index in [-0.39, 0.29) is 0 Å². The van der Waals surface area contributed by atoms with Crippen molar-refractivity contribution in [1.82, 2.24) is 10.2 Å². The van der Waals surface area contributed by atoms with Gasteiger partial charge in [-0.25, -0.2) is 0 Å². The molecule has 1 atom stereocenters. The molecule has 2 fully saturated rings. The Bertz CT molecular complexity index is 482. The number of piperazine rings is 1. The number of nitrogens with zero attached hydrogens (tertiary/aromatic N) is 1. The van der Waals surface area contributed by atoms with Gasteiger partial charge in [-0.2, -0.15) is 0 Å². The van der Waals surface area contributed by atoms with E-state index >= 15 is 0 Å². The minimum absolute atomic E-state index is 0.503. The molecule has 0 unspecified atom stereocenters. The summed E-state index contributed by atoms with van der Waals surface area (Å²) in [5.74, 6) is 1.84. The number of halogens is 1. The molecule has 0 amide bonds. The fraction of sp³-hybridized carbons (Fsp3) is 0.667. The van der Waals surface area contributed by atoms with Gasteiger partial charge in [0.05, 0.1) is 6.61 Å². The Labute approximate surface area is 142 Å². The average molecular weight is 367 g/mol. The van der Waals surface area contributed by atoms with Crippen molar-refractivity contribution in [3.8, 4) is 5.75 Å². The number of benzene rings is 1. The monoisotopic (exact) mass is 366 g/mol. The number of hydrogen-bond donors (Lipinski definition) is 1. The Kier molecular flexibility index (Phi) is 5.77. The van der Waals surface area contributed by atoms with E-state index in [1.54, 1.807) is 0 Å². The quantitative estimate of drug-likeness (QED) is 0.852. The molecular formula is C18H27BrN2O. The lowest BCUT2D eigenvalue weighted by Gasteiger charge is -2.39. The summed E-state index contributed by atoms with van der Waals surface area (Å²) in [6, 6.07) is 7.02. The van der Waals surface area contributed by atoms with Crippen LogP contribution in [0.15, 0.2) is 22.7 Å². The van der Waals surface area contributed by atoms with Crippen molar-refractivity contribution in [2.45, 2.75) is 38.6 Å². The van der Waals surface area contributed by atoms with E-state index in [0.717, 1.165) is 48.9 Å². The standard InChI is InChI=1S/C18H27BrN2O/c1-2-22-17-8-7-15(19)13-16(17)18(14-5-3-4-6-14)21-11-9-20-10-12-21/h7-8,13-14,18,20H,2-6,9-12H2,1H3/t18-/m1/s1. The normalized spacial score (nSPS) is 21.9. The van der Waals surface area contributed by atoms with Crippen molar-refractivity contribution in [2.75, 3.05) is 32.8 Å². The second kappa shape index (κ2) is 7.80. The number of ether oxygens (including phenoxy) is 1. The molecule has 1 aliphatic carbocycles. The zero-order valence-electron chi connectivity index (χ0n) is 13.5. The summed E-state index contributed by atoms with van der Waals surface area (Å²) in [5.41, 5.74) is 1.38. The predicted molar refractivity (Wildman–Crippen MR) is 94.5 cm³/mol. The SMILES string of the molecule is CCOc1ccc(Br)cc1[C@@H](C1CCCC1)N1CCNCC1. The second-order valence-corrected chi connectivity index (χ2v) is 7.31. The minimum Gasteiger partial charge on any atom is -0.494 e. The van der Waals surface area contributed by atoms with Crippen LogP contribution in [0.4, 0.5) is 0 Å². The van der Waals surface area contributed by atoms with Crippen LogP contribution in [0.2, 0.25) is 0 Å². The summed E-state index contributed by atoms with van der Waals surface area (Å²) in [6.45, 7) is 7.27. The van der Waals surface area contributed by atoms with Gasteiger partial charge in [0.25, 0.3) is 0 Å². The van der Waals surface area contributed by atoms with Crippen LogP contribution in [-0.2, 0) is 0 Å². The van der Waals surface area contributed by atoms with Gasteiger partial charge >= 0.3 is 0 Å². The first-order valence-electron chi connectivity index (χ1n) is 8.66. The van der Waals surface area contributed by atoms with E-state index in [2.05, 4.69) is 51.3 Å². The van der Waals surface area contributed by atoms with Crippen LogP contribution in [0, 0.1) is 5.92 Å². The number of nitrogens with one attached hydrogen (secondary N) is 1. The van der Waals surface area contributed by atoms with Crippen LogP contribution >= 0.6 is 15.9 Å². The molecule has 3 nitrogen and oxygen atoms in total. The lowest BCUT2D eigenvalue weighted by atomic mass is 9.89. The van der Waals surface area contributed by atoms with Crippen LogP contribution in [-0.4, -0.2) is 37.7 Å². The summed E-state index contributed by atoms with van der Waals surface area (Å²) in [6.07, 6.45) is 5.47. The topological polar surface area (TPSA) is 24.5 Å². The van der Waals surface area contributed by atoms with E-state index in [1.807, 2.05) is 0 Å². The lowest BCUT2D eigenvalue weighted by molar-refractivity contribution is 0.122. The van der Waals surface area contributed by atoms with Crippen molar-refractivity contribution < 1.29 is 4.74 Å². The molecule has 1 saturated carbocycles. The van der Waals surface area contributed by atoms with Crippen molar-refractivity contribution in [3.63, 3.8) is 0 Å². The van der Waals surface area contributed by atoms with Gasteiger partial charge in [0.15, 0.2) is 0 Å². The molecule has 1 heterocycles. The van der Waals surface area contributed by atoms with Crippen molar-refractivity contribution in [1.29, 1.82) is 0 Å². The number of hydrogen-bond acceptors (Lipinski definition) is 3. The summed E-state index contributed by atoms with van der Waals surface area (Å²) in [5, 5.41) is 3.48. The minimum atomic E-state index is 0.503. The molecule has 0 spiro atoms. The molecule has 1 aliphatic heterocycles. The average Bonchev–Trinajstić information content (AvgIpc) is 3.05. The highest BCUT2D eigenvalue weighted by Crippen LogP contribution is 2.43. The third kappa shape index (κ3) is 3.66. The first kappa shape index (κ1) is 16.3. The molecule has 22 heavy (non-hydrogen) atoms. The Morgan fingerprint density at radius 1 is 1.27 bits per heavy atom. The Balaban J connectivity index is 1.94. The summed E-state index contributed by atoms with van der Waals surface area (Å²) in [7, 11) is 0. The molecule has 1 aromatic rings. The lowest BCUT2D eigenvalue weighted by Crippen LogP contribution is -2.46. The Morgan fingerprint density at radius 2 is 2.00 bits per heavy atom. The largest absolute Gasteiger partial charge is 0.494 e. The third-order valence-corrected chi connectivity index (χ3v) is 5.47. The molecule has 0 aromatic heterocycles. The molecular weight excluding hydrogens is 340 g/mol. The zero-order chi connectivity index (χ0) is 15.4. The maximum atomic E-state index is 5.96. The summed E-state index contributed by atoms with van der Waals surface area (Å²) >= 11 is 3.66. The predicted octanol–water partition coefficient (Wildman–Crippen LogP) is 3.98. The van der Waals surface area contributed by atoms with Gasteiger partial charge < -0.3 is 10.1 Å². The van der Waals surface area contributed by atoms with Gasteiger partial charge in [-0.15, -0.1) is 0 Å². The first-order valence-corrected chi connectivity index (χ1v) is 9.46. The van der Waals surface area contributed by atoms with Crippen molar-refractivity contribution in [2.24, 2.45) is 5.92 Å². The molecule has 4 heteroatoms. The highest BCUT2D eigenvalue weighted by atomic mass is 79.9. The molecule has 1 N–H and O–H groups in total. The Morgan fingerprint density at radius 3 is 2.68 bits per heavy atom. The van der Waals surface area contributed by atoms with Crippen LogP contribution in [0.3, 0.4) is 0 Å². The van der Waals surface area contributed by atoms with E-state index < -0.39 is 0 Å². The zero-order valence-corrected chi connectivity index (χ0v) is 15.1. The van der Waals surface area contributed by atoms with Crippen LogP contribution in [0.1, 0.15) is 44.2 Å². The summed E-state index contributed by atoms with van der Waals surface area (Å²) in [4.78, 5) is 2.68. The van der Waals surface area contributed by atoms with Crippen molar-refractivity contribution >= 4 is 15.9 Å². The molecule has 122 valence electrons. The van der Waals surface area contributed by atoms with Gasteiger partial charge in [-0.1, -0.05) is 28.8 Å². The van der Waals surface area contributed by atoms with Gasteiger partial charge in [-0.3, -0.25) is 4.90 Å². The highest BCUT2D eigenvalue weighted by molar-refractivity contribution is 9.10. The molecule has 3 rings (SSSR count). The van der Waals surface area contributed by atoms with E-state index in [0.29, 0.717) is 6.04 Å². The fourth-order valence-corrected chi connectivity index (χ4v) is 4.40. The van der Waals surface area contributed by atoms with E-state index in [9.17, 15) is 0 Å².